The first kappa shape index (κ1) is 15.4. The lowest BCUT2D eigenvalue weighted by atomic mass is 10.1. The summed E-state index contributed by atoms with van der Waals surface area (Å²) in [5.74, 6) is 0.275. The molecular weight excluding hydrogens is 308 g/mol. The van der Waals surface area contributed by atoms with Crippen LogP contribution in [0.15, 0.2) is 58.9 Å². The fourth-order valence-corrected chi connectivity index (χ4v) is 2.78. The lowest BCUT2D eigenvalue weighted by molar-refractivity contribution is -0.113. The van der Waals surface area contributed by atoms with E-state index >= 15 is 0 Å². The van der Waals surface area contributed by atoms with E-state index in [9.17, 15) is 4.79 Å². The molecule has 0 fully saturated rings. The van der Waals surface area contributed by atoms with Crippen LogP contribution in [0.3, 0.4) is 0 Å². The number of aromatic nitrogens is 1. The third-order valence-electron chi connectivity index (χ3n) is 3.27. The van der Waals surface area contributed by atoms with Crippen LogP contribution in [0.2, 0.25) is 0 Å². The molecule has 0 bridgehead atoms. The fraction of sp³-hybridized carbons (Fsp3) is 0.176. The summed E-state index contributed by atoms with van der Waals surface area (Å²) in [4.78, 5) is 16.2. The summed E-state index contributed by atoms with van der Waals surface area (Å²) in [6.45, 7) is 1.95. The Hall–Kier alpha value is -2.47. The zero-order valence-electron chi connectivity index (χ0n) is 12.7. The smallest absolute Gasteiger partial charge is 0.234 e. The van der Waals surface area contributed by atoms with Gasteiger partial charge in [0.2, 0.25) is 5.91 Å². The molecule has 6 heteroatoms. The molecule has 23 heavy (non-hydrogen) atoms. The molecule has 1 aromatic carbocycles. The van der Waals surface area contributed by atoms with Gasteiger partial charge in [-0.1, -0.05) is 30.0 Å². The van der Waals surface area contributed by atoms with Gasteiger partial charge in [-0.15, -0.1) is 5.10 Å². The van der Waals surface area contributed by atoms with E-state index in [1.807, 2.05) is 49.4 Å². The first-order valence-corrected chi connectivity index (χ1v) is 8.23. The molecule has 0 unspecified atom stereocenters. The summed E-state index contributed by atoms with van der Waals surface area (Å²) in [7, 11) is 0. The Morgan fingerprint density at radius 3 is 2.74 bits per heavy atom. The number of amides is 1. The number of carbonyl (C=O) groups excluding carboxylic acids is 1. The van der Waals surface area contributed by atoms with Crippen LogP contribution in [0, 0.1) is 6.92 Å². The Morgan fingerprint density at radius 2 is 2.00 bits per heavy atom. The fourth-order valence-electron chi connectivity index (χ4n) is 2.08. The Balaban J connectivity index is 1.47. The highest BCUT2D eigenvalue weighted by Gasteiger charge is 2.16. The van der Waals surface area contributed by atoms with Gasteiger partial charge < -0.3 is 5.32 Å². The highest BCUT2D eigenvalue weighted by Crippen LogP contribution is 2.19. The molecule has 2 heterocycles. The molecule has 116 valence electrons. The number of para-hydroxylation sites is 1. The van der Waals surface area contributed by atoms with Crippen molar-refractivity contribution in [3.8, 4) is 0 Å². The highest BCUT2D eigenvalue weighted by atomic mass is 32.2. The van der Waals surface area contributed by atoms with Crippen molar-refractivity contribution >= 4 is 34.1 Å². The van der Waals surface area contributed by atoms with Crippen LogP contribution in [-0.4, -0.2) is 27.4 Å². The van der Waals surface area contributed by atoms with Crippen LogP contribution in [0.4, 0.5) is 5.69 Å². The van der Waals surface area contributed by atoms with Gasteiger partial charge in [0.25, 0.3) is 0 Å². The molecule has 1 aliphatic rings. The van der Waals surface area contributed by atoms with Gasteiger partial charge in [-0.05, 0) is 31.2 Å². The van der Waals surface area contributed by atoms with Crippen molar-refractivity contribution in [3.63, 3.8) is 0 Å². The lowest BCUT2D eigenvalue weighted by Crippen LogP contribution is -2.15. The maximum atomic E-state index is 11.9. The average molecular weight is 324 g/mol. The van der Waals surface area contributed by atoms with E-state index < -0.39 is 0 Å². The van der Waals surface area contributed by atoms with Crippen LogP contribution < -0.4 is 5.32 Å². The number of anilines is 1. The highest BCUT2D eigenvalue weighted by molar-refractivity contribution is 8.14. The number of thioether (sulfide) groups is 1. The molecule has 1 N–H and O–H groups in total. The Labute approximate surface area is 138 Å². The third kappa shape index (κ3) is 4.26. The van der Waals surface area contributed by atoms with Crippen LogP contribution in [0.1, 0.15) is 17.7 Å². The zero-order chi connectivity index (χ0) is 16.1. The molecule has 5 nitrogen and oxygen atoms in total. The maximum absolute atomic E-state index is 11.9. The van der Waals surface area contributed by atoms with E-state index in [1.54, 1.807) is 6.20 Å². The van der Waals surface area contributed by atoms with Crippen molar-refractivity contribution in [2.24, 2.45) is 10.2 Å². The summed E-state index contributed by atoms with van der Waals surface area (Å²) in [6, 6.07) is 13.4. The zero-order valence-corrected chi connectivity index (χ0v) is 13.5. The number of benzene rings is 1. The molecule has 3 rings (SSSR count). The Bertz CT molecular complexity index is 754. The lowest BCUT2D eigenvalue weighted by Gasteiger charge is -2.04. The molecular formula is C17H16N4OS. The van der Waals surface area contributed by atoms with Crippen LogP contribution in [-0.2, 0) is 4.79 Å². The van der Waals surface area contributed by atoms with Crippen molar-refractivity contribution in [3.05, 3.63) is 59.9 Å². The predicted octanol–water partition coefficient (Wildman–Crippen LogP) is 3.27. The molecule has 0 spiro atoms. The van der Waals surface area contributed by atoms with Gasteiger partial charge >= 0.3 is 0 Å². The first-order chi connectivity index (χ1) is 11.2. The topological polar surface area (TPSA) is 66.7 Å². The molecule has 1 aromatic heterocycles. The van der Waals surface area contributed by atoms with Gasteiger partial charge in [0.1, 0.15) is 5.04 Å². The maximum Gasteiger partial charge on any atom is 0.234 e. The Morgan fingerprint density at radius 1 is 1.17 bits per heavy atom. The largest absolute Gasteiger partial charge is 0.325 e. The number of nitrogens with zero attached hydrogens (tertiary/aromatic N) is 3. The normalized spacial score (nSPS) is 13.4. The van der Waals surface area contributed by atoms with Gasteiger partial charge in [-0.3, -0.25) is 9.78 Å². The molecule has 1 amide bonds. The number of hydrogen-bond acceptors (Lipinski definition) is 5. The summed E-state index contributed by atoms with van der Waals surface area (Å²) in [5, 5.41) is 12.0. The number of hydrogen-bond donors (Lipinski definition) is 1. The van der Waals surface area contributed by atoms with Gasteiger partial charge in [0.05, 0.1) is 11.5 Å². The monoisotopic (exact) mass is 324 g/mol. The van der Waals surface area contributed by atoms with Crippen LogP contribution in [0.25, 0.3) is 0 Å². The first-order valence-electron chi connectivity index (χ1n) is 7.25. The summed E-state index contributed by atoms with van der Waals surface area (Å²) in [5.41, 5.74) is 3.64. The number of pyridine rings is 1. The average Bonchev–Trinajstić information content (AvgIpc) is 3.04. The Kier molecular flexibility index (Phi) is 4.83. The second kappa shape index (κ2) is 7.19. The number of rotatable bonds is 4. The van der Waals surface area contributed by atoms with Gasteiger partial charge in [-0.25, -0.2) is 0 Å². The number of aryl methyl sites for hydroxylation is 1. The van der Waals surface area contributed by atoms with Crippen molar-refractivity contribution in [2.45, 2.75) is 13.3 Å². The van der Waals surface area contributed by atoms with Crippen molar-refractivity contribution in [1.82, 2.24) is 4.98 Å². The molecule has 0 saturated heterocycles. The van der Waals surface area contributed by atoms with Crippen LogP contribution >= 0.6 is 11.8 Å². The van der Waals surface area contributed by atoms with E-state index in [2.05, 4.69) is 20.5 Å². The summed E-state index contributed by atoms with van der Waals surface area (Å²) < 4.78 is 0. The van der Waals surface area contributed by atoms with Crippen LogP contribution in [0.5, 0.6) is 0 Å². The molecule has 0 atom stereocenters. The van der Waals surface area contributed by atoms with E-state index in [0.29, 0.717) is 12.2 Å². The minimum absolute atomic E-state index is 0.0469. The van der Waals surface area contributed by atoms with E-state index in [1.165, 1.54) is 11.8 Å². The van der Waals surface area contributed by atoms with Gasteiger partial charge in [0, 0.05) is 29.6 Å². The van der Waals surface area contributed by atoms with Crippen molar-refractivity contribution < 1.29 is 4.79 Å². The molecule has 1 aliphatic heterocycles. The quantitative estimate of drug-likeness (QED) is 0.938. The molecule has 0 radical (unpaired) electrons. The SMILES string of the molecule is Cc1ccc(C2=NN=C(SCC(=O)Nc3ccccc3)C2)cn1. The van der Waals surface area contributed by atoms with Crippen molar-refractivity contribution in [2.75, 3.05) is 11.1 Å². The summed E-state index contributed by atoms with van der Waals surface area (Å²) in [6.07, 6.45) is 2.45. The molecule has 0 aliphatic carbocycles. The third-order valence-corrected chi connectivity index (χ3v) is 4.24. The molecule has 0 saturated carbocycles. The number of carbonyl (C=O) groups is 1. The van der Waals surface area contributed by atoms with Gasteiger partial charge in [0.15, 0.2) is 0 Å². The molecule has 2 aromatic rings. The number of nitrogens with one attached hydrogen (secondary N) is 1. The minimum atomic E-state index is -0.0469. The second-order valence-corrected chi connectivity index (χ2v) is 6.16. The second-order valence-electron chi connectivity index (χ2n) is 5.11. The van der Waals surface area contributed by atoms with E-state index in [4.69, 9.17) is 0 Å². The predicted molar refractivity (Wildman–Crippen MR) is 95.1 cm³/mol. The minimum Gasteiger partial charge on any atom is -0.325 e. The van der Waals surface area contributed by atoms with Crippen molar-refractivity contribution in [1.29, 1.82) is 0 Å². The van der Waals surface area contributed by atoms with E-state index in [0.717, 1.165) is 27.7 Å². The van der Waals surface area contributed by atoms with Gasteiger partial charge in [-0.2, -0.15) is 5.10 Å². The van der Waals surface area contributed by atoms with E-state index in [-0.39, 0.29) is 5.91 Å². The summed E-state index contributed by atoms with van der Waals surface area (Å²) >= 11 is 1.42. The standard InChI is InChI=1S/C17H16N4OS/c1-12-7-8-13(10-18-12)15-9-17(21-20-15)23-11-16(22)19-14-5-3-2-4-6-14/h2-8,10H,9,11H2,1H3,(H,19,22).